The average molecular weight is 337 g/mol. The van der Waals surface area contributed by atoms with E-state index in [1.807, 2.05) is 37.5 Å². The van der Waals surface area contributed by atoms with Gasteiger partial charge < -0.3 is 5.73 Å². The molecule has 0 spiro atoms. The number of hydrogen-bond donors (Lipinski definition) is 1. The van der Waals surface area contributed by atoms with Gasteiger partial charge in [-0.15, -0.1) is 0 Å². The highest BCUT2D eigenvalue weighted by molar-refractivity contribution is 6.35. The van der Waals surface area contributed by atoms with Gasteiger partial charge in [0.15, 0.2) is 0 Å². The first-order valence-corrected chi connectivity index (χ1v) is 7.67. The monoisotopic (exact) mass is 336 g/mol. The normalized spacial score (nSPS) is 11.1. The van der Waals surface area contributed by atoms with Crippen LogP contribution in [0.5, 0.6) is 0 Å². The summed E-state index contributed by atoms with van der Waals surface area (Å²) >= 11 is 6.29. The number of anilines is 1. The Balaban J connectivity index is 1.95. The molecule has 0 bridgehead atoms. The van der Waals surface area contributed by atoms with Crippen LogP contribution in [0.2, 0.25) is 5.02 Å². The van der Waals surface area contributed by atoms with Crippen molar-refractivity contribution in [3.8, 4) is 22.6 Å². The van der Waals surface area contributed by atoms with Crippen molar-refractivity contribution in [2.75, 3.05) is 5.73 Å². The van der Waals surface area contributed by atoms with Crippen molar-refractivity contribution >= 4 is 28.3 Å². The first kappa shape index (κ1) is 14.6. The number of nitrogen functional groups attached to an aromatic ring is 1. The summed E-state index contributed by atoms with van der Waals surface area (Å²) in [6.45, 7) is 0. The predicted octanol–water partition coefficient (Wildman–Crippen LogP) is 3.33. The fourth-order valence-electron chi connectivity index (χ4n) is 2.59. The number of benzene rings is 1. The number of rotatable bonds is 2. The number of aromatic nitrogens is 5. The Morgan fingerprint density at radius 3 is 2.75 bits per heavy atom. The number of halogens is 1. The molecule has 0 radical (unpaired) electrons. The molecule has 2 N–H and O–H groups in total. The molecule has 0 fully saturated rings. The van der Waals surface area contributed by atoms with Crippen molar-refractivity contribution in [1.82, 2.24) is 24.7 Å². The summed E-state index contributed by atoms with van der Waals surface area (Å²) in [5.74, 6) is 0.347. The van der Waals surface area contributed by atoms with Crippen LogP contribution in [0.1, 0.15) is 0 Å². The number of nitrogens with zero attached hydrogens (tertiary/aromatic N) is 5. The Morgan fingerprint density at radius 2 is 1.96 bits per heavy atom. The Hall–Kier alpha value is -2.99. The molecule has 0 aliphatic rings. The zero-order chi connectivity index (χ0) is 16.7. The molecule has 0 saturated heterocycles. The standard InChI is InChI=1S/C17H13ClN6/c1-24-7-5-14(23-24)17-16(21-9-15(19)22-17)10-2-3-13-11(8-10)12(18)4-6-20-13/h2-9H,1H3,(H2,19,22). The molecule has 1 aromatic carbocycles. The molecule has 0 amide bonds. The van der Waals surface area contributed by atoms with Crippen LogP contribution >= 0.6 is 11.6 Å². The van der Waals surface area contributed by atoms with Gasteiger partial charge in [0.1, 0.15) is 17.2 Å². The van der Waals surface area contributed by atoms with Crippen molar-refractivity contribution in [3.63, 3.8) is 0 Å². The second-order valence-electron chi connectivity index (χ2n) is 5.39. The Kier molecular flexibility index (Phi) is 3.39. The van der Waals surface area contributed by atoms with Crippen LogP contribution in [0.15, 0.2) is 48.9 Å². The summed E-state index contributed by atoms with van der Waals surface area (Å²) in [5.41, 5.74) is 9.58. The van der Waals surface area contributed by atoms with E-state index in [1.54, 1.807) is 16.9 Å². The third kappa shape index (κ3) is 2.47. The molecule has 3 heterocycles. The molecule has 0 atom stereocenters. The molecule has 118 valence electrons. The molecule has 0 aliphatic heterocycles. The maximum absolute atomic E-state index is 6.29. The average Bonchev–Trinajstić information content (AvgIpc) is 3.01. The minimum atomic E-state index is 0.347. The molecular formula is C17H13ClN6. The summed E-state index contributed by atoms with van der Waals surface area (Å²) in [6.07, 6.45) is 5.08. The van der Waals surface area contributed by atoms with Gasteiger partial charge in [0.05, 0.1) is 22.4 Å². The van der Waals surface area contributed by atoms with E-state index in [1.165, 1.54) is 6.20 Å². The molecule has 24 heavy (non-hydrogen) atoms. The van der Waals surface area contributed by atoms with E-state index in [0.29, 0.717) is 27.9 Å². The van der Waals surface area contributed by atoms with Crippen molar-refractivity contribution in [1.29, 1.82) is 0 Å². The van der Waals surface area contributed by atoms with E-state index in [-0.39, 0.29) is 0 Å². The Labute approximate surface area is 143 Å². The zero-order valence-corrected chi connectivity index (χ0v) is 13.6. The molecule has 0 aliphatic carbocycles. The lowest BCUT2D eigenvalue weighted by atomic mass is 10.0. The van der Waals surface area contributed by atoms with Crippen LogP contribution in [0, 0.1) is 0 Å². The van der Waals surface area contributed by atoms with Gasteiger partial charge >= 0.3 is 0 Å². The van der Waals surface area contributed by atoms with Gasteiger partial charge in [-0.1, -0.05) is 17.7 Å². The SMILES string of the molecule is Cn1ccc(-c2nc(N)cnc2-c2ccc3nccc(Cl)c3c2)n1. The van der Waals surface area contributed by atoms with Crippen molar-refractivity contribution < 1.29 is 0 Å². The number of nitrogens with two attached hydrogens (primary N) is 1. The topological polar surface area (TPSA) is 82.5 Å². The van der Waals surface area contributed by atoms with Gasteiger partial charge in [0, 0.05) is 30.4 Å². The maximum Gasteiger partial charge on any atom is 0.142 e. The minimum Gasteiger partial charge on any atom is -0.382 e. The lowest BCUT2D eigenvalue weighted by molar-refractivity contribution is 0.770. The third-order valence-electron chi connectivity index (χ3n) is 3.71. The van der Waals surface area contributed by atoms with E-state index in [0.717, 1.165) is 16.5 Å². The van der Waals surface area contributed by atoms with E-state index >= 15 is 0 Å². The minimum absolute atomic E-state index is 0.347. The van der Waals surface area contributed by atoms with Crippen LogP contribution in [-0.4, -0.2) is 24.7 Å². The first-order chi connectivity index (χ1) is 11.6. The van der Waals surface area contributed by atoms with Crippen LogP contribution in [0.25, 0.3) is 33.5 Å². The van der Waals surface area contributed by atoms with E-state index in [4.69, 9.17) is 17.3 Å². The Bertz CT molecular complexity index is 1060. The van der Waals surface area contributed by atoms with Crippen LogP contribution < -0.4 is 5.73 Å². The lowest BCUT2D eigenvalue weighted by Gasteiger charge is -2.08. The molecule has 6 nitrogen and oxygen atoms in total. The zero-order valence-electron chi connectivity index (χ0n) is 12.8. The van der Waals surface area contributed by atoms with Crippen molar-refractivity contribution in [2.45, 2.75) is 0 Å². The van der Waals surface area contributed by atoms with Gasteiger partial charge in [-0.25, -0.2) is 4.98 Å². The first-order valence-electron chi connectivity index (χ1n) is 7.29. The summed E-state index contributed by atoms with van der Waals surface area (Å²) in [7, 11) is 1.85. The van der Waals surface area contributed by atoms with Crippen LogP contribution in [0.3, 0.4) is 0 Å². The summed E-state index contributed by atoms with van der Waals surface area (Å²) in [5, 5.41) is 5.91. The van der Waals surface area contributed by atoms with Gasteiger partial charge in [-0.05, 0) is 24.3 Å². The number of aryl methyl sites for hydroxylation is 1. The largest absolute Gasteiger partial charge is 0.382 e. The predicted molar refractivity (Wildman–Crippen MR) is 94.4 cm³/mol. The number of fused-ring (bicyclic) bond motifs is 1. The van der Waals surface area contributed by atoms with Gasteiger partial charge in [-0.3, -0.25) is 14.6 Å². The Morgan fingerprint density at radius 1 is 1.08 bits per heavy atom. The second kappa shape index (κ2) is 5.58. The van der Waals surface area contributed by atoms with Gasteiger partial charge in [0.2, 0.25) is 0 Å². The van der Waals surface area contributed by atoms with E-state index in [9.17, 15) is 0 Å². The number of pyridine rings is 1. The molecule has 4 aromatic rings. The van der Waals surface area contributed by atoms with Crippen LogP contribution in [0.4, 0.5) is 5.82 Å². The molecule has 0 saturated carbocycles. The fraction of sp³-hybridized carbons (Fsp3) is 0.0588. The summed E-state index contributed by atoms with van der Waals surface area (Å²) in [4.78, 5) is 13.2. The maximum atomic E-state index is 6.29. The molecule has 3 aromatic heterocycles. The van der Waals surface area contributed by atoms with Crippen molar-refractivity contribution in [3.05, 3.63) is 53.9 Å². The smallest absolute Gasteiger partial charge is 0.142 e. The van der Waals surface area contributed by atoms with E-state index < -0.39 is 0 Å². The van der Waals surface area contributed by atoms with Gasteiger partial charge in [-0.2, -0.15) is 5.10 Å². The highest BCUT2D eigenvalue weighted by Gasteiger charge is 2.15. The second-order valence-corrected chi connectivity index (χ2v) is 5.80. The summed E-state index contributed by atoms with van der Waals surface area (Å²) in [6, 6.07) is 9.46. The number of hydrogen-bond acceptors (Lipinski definition) is 5. The van der Waals surface area contributed by atoms with Crippen LogP contribution in [-0.2, 0) is 7.05 Å². The quantitative estimate of drug-likeness (QED) is 0.607. The molecule has 4 rings (SSSR count). The van der Waals surface area contributed by atoms with Crippen molar-refractivity contribution in [2.24, 2.45) is 7.05 Å². The fourth-order valence-corrected chi connectivity index (χ4v) is 2.80. The molecular weight excluding hydrogens is 324 g/mol. The lowest BCUT2D eigenvalue weighted by Crippen LogP contribution is -1.99. The highest BCUT2D eigenvalue weighted by Crippen LogP contribution is 2.31. The van der Waals surface area contributed by atoms with E-state index in [2.05, 4.69) is 20.1 Å². The highest BCUT2D eigenvalue weighted by atomic mass is 35.5. The molecule has 0 unspecified atom stereocenters. The van der Waals surface area contributed by atoms with Gasteiger partial charge in [0.25, 0.3) is 0 Å². The molecule has 7 heteroatoms. The third-order valence-corrected chi connectivity index (χ3v) is 4.04. The summed E-state index contributed by atoms with van der Waals surface area (Å²) < 4.78 is 1.71.